The van der Waals surface area contributed by atoms with Crippen LogP contribution >= 0.6 is 0 Å². The molecule has 0 aromatic heterocycles. The maximum atomic E-state index is 12.3. The minimum Gasteiger partial charge on any atom is -0.481 e. The number of carbonyl (C=O) groups is 2. The summed E-state index contributed by atoms with van der Waals surface area (Å²) < 4.78 is 0. The molecule has 1 aromatic rings. The van der Waals surface area contributed by atoms with Crippen molar-refractivity contribution >= 4 is 11.9 Å². The zero-order chi connectivity index (χ0) is 14.0. The molecule has 0 aliphatic carbocycles. The molecule has 0 saturated carbocycles. The Morgan fingerprint density at radius 2 is 2.00 bits per heavy atom. The summed E-state index contributed by atoms with van der Waals surface area (Å²) in [5.41, 5.74) is 1.79. The Morgan fingerprint density at radius 3 is 2.58 bits per heavy atom. The number of carbonyl (C=O) groups excluding carboxylic acids is 1. The number of rotatable bonds is 4. The van der Waals surface area contributed by atoms with Crippen molar-refractivity contribution in [3.05, 3.63) is 35.4 Å². The van der Waals surface area contributed by atoms with Gasteiger partial charge in [-0.1, -0.05) is 32.0 Å². The van der Waals surface area contributed by atoms with E-state index in [0.717, 1.165) is 17.5 Å². The van der Waals surface area contributed by atoms with Crippen LogP contribution in [0.15, 0.2) is 24.3 Å². The molecule has 1 amide bonds. The molecule has 1 aromatic carbocycles. The first-order chi connectivity index (χ1) is 9.04. The molecule has 1 atom stereocenters. The number of nitrogens with zero attached hydrogens (tertiary/aromatic N) is 1. The third-order valence-corrected chi connectivity index (χ3v) is 3.92. The van der Waals surface area contributed by atoms with Gasteiger partial charge in [0.25, 0.3) is 5.91 Å². The molecular formula is C15H19NO3. The highest BCUT2D eigenvalue weighted by Crippen LogP contribution is 2.26. The van der Waals surface area contributed by atoms with Crippen molar-refractivity contribution in [3.8, 4) is 0 Å². The number of aliphatic carboxylic acids is 1. The van der Waals surface area contributed by atoms with Crippen molar-refractivity contribution in [1.82, 2.24) is 4.90 Å². The standard InChI is InChI=1S/C15H19NO3/c1-3-11-6-4-5-7-13(11)14(17)16-8-12(9-16)10(2)15(18)19/h4-7,10,12H,3,8-9H2,1-2H3,(H,18,19). The van der Waals surface area contributed by atoms with Crippen LogP contribution in [-0.2, 0) is 11.2 Å². The number of aryl methyl sites for hydroxylation is 1. The fourth-order valence-corrected chi connectivity index (χ4v) is 2.40. The van der Waals surface area contributed by atoms with Gasteiger partial charge in [0.15, 0.2) is 0 Å². The Kier molecular flexibility index (Phi) is 3.88. The zero-order valence-corrected chi connectivity index (χ0v) is 11.3. The molecule has 19 heavy (non-hydrogen) atoms. The number of benzene rings is 1. The highest BCUT2D eigenvalue weighted by Gasteiger charge is 2.37. The summed E-state index contributed by atoms with van der Waals surface area (Å²) >= 11 is 0. The first-order valence-electron chi connectivity index (χ1n) is 6.64. The van der Waals surface area contributed by atoms with Gasteiger partial charge in [0.05, 0.1) is 5.92 Å². The Bertz CT molecular complexity index is 492. The molecule has 4 nitrogen and oxygen atoms in total. The Labute approximate surface area is 113 Å². The Morgan fingerprint density at radius 1 is 1.37 bits per heavy atom. The lowest BCUT2D eigenvalue weighted by molar-refractivity contribution is -0.144. The molecule has 1 aliphatic heterocycles. The van der Waals surface area contributed by atoms with Gasteiger partial charge in [-0.3, -0.25) is 9.59 Å². The number of amides is 1. The van der Waals surface area contributed by atoms with E-state index >= 15 is 0 Å². The molecule has 102 valence electrons. The molecule has 2 rings (SSSR count). The smallest absolute Gasteiger partial charge is 0.306 e. The summed E-state index contributed by atoms with van der Waals surface area (Å²) in [6.07, 6.45) is 0.824. The van der Waals surface area contributed by atoms with Gasteiger partial charge in [-0.2, -0.15) is 0 Å². The fraction of sp³-hybridized carbons (Fsp3) is 0.467. The van der Waals surface area contributed by atoms with Gasteiger partial charge in [-0.05, 0) is 18.1 Å². The Hall–Kier alpha value is -1.84. The molecule has 0 spiro atoms. The lowest BCUT2D eigenvalue weighted by atomic mass is 9.86. The van der Waals surface area contributed by atoms with E-state index in [-0.39, 0.29) is 17.7 Å². The van der Waals surface area contributed by atoms with E-state index < -0.39 is 5.97 Å². The summed E-state index contributed by atoms with van der Waals surface area (Å²) in [5.74, 6) is -1.07. The maximum absolute atomic E-state index is 12.3. The van der Waals surface area contributed by atoms with E-state index in [2.05, 4.69) is 0 Å². The first kappa shape index (κ1) is 13.6. The molecular weight excluding hydrogens is 242 g/mol. The minimum atomic E-state index is -0.786. The zero-order valence-electron chi connectivity index (χ0n) is 11.3. The molecule has 1 unspecified atom stereocenters. The average molecular weight is 261 g/mol. The summed E-state index contributed by atoms with van der Waals surface area (Å²) in [6.45, 7) is 4.82. The van der Waals surface area contributed by atoms with Crippen molar-refractivity contribution < 1.29 is 14.7 Å². The molecule has 0 bridgehead atoms. The number of hydrogen-bond donors (Lipinski definition) is 1. The van der Waals surface area contributed by atoms with Gasteiger partial charge >= 0.3 is 5.97 Å². The van der Waals surface area contributed by atoms with Crippen molar-refractivity contribution in [2.45, 2.75) is 20.3 Å². The summed E-state index contributed by atoms with van der Waals surface area (Å²) in [5, 5.41) is 8.94. The first-order valence-corrected chi connectivity index (χ1v) is 6.64. The minimum absolute atomic E-state index is 0.0197. The summed E-state index contributed by atoms with van der Waals surface area (Å²) in [7, 11) is 0. The molecule has 1 saturated heterocycles. The van der Waals surface area contributed by atoms with Crippen LogP contribution in [0.5, 0.6) is 0 Å². The lowest BCUT2D eigenvalue weighted by Gasteiger charge is -2.41. The number of likely N-dealkylation sites (tertiary alicyclic amines) is 1. The van der Waals surface area contributed by atoms with Crippen molar-refractivity contribution in [3.63, 3.8) is 0 Å². The van der Waals surface area contributed by atoms with Gasteiger partial charge in [-0.25, -0.2) is 0 Å². The third-order valence-electron chi connectivity index (χ3n) is 3.92. The van der Waals surface area contributed by atoms with E-state index in [1.165, 1.54) is 0 Å². The van der Waals surface area contributed by atoms with Gasteiger partial charge in [0, 0.05) is 24.6 Å². The molecule has 1 fully saturated rings. The van der Waals surface area contributed by atoms with Crippen molar-refractivity contribution in [2.75, 3.05) is 13.1 Å². The molecule has 0 radical (unpaired) electrons. The van der Waals surface area contributed by atoms with Gasteiger partial charge in [0.2, 0.25) is 0 Å². The lowest BCUT2D eigenvalue weighted by Crippen LogP contribution is -2.53. The van der Waals surface area contributed by atoms with Gasteiger partial charge < -0.3 is 10.0 Å². The van der Waals surface area contributed by atoms with E-state index in [0.29, 0.717) is 13.1 Å². The van der Waals surface area contributed by atoms with Crippen molar-refractivity contribution in [1.29, 1.82) is 0 Å². The quantitative estimate of drug-likeness (QED) is 0.902. The predicted molar refractivity (Wildman–Crippen MR) is 72.0 cm³/mol. The number of hydrogen-bond acceptors (Lipinski definition) is 2. The van der Waals surface area contributed by atoms with Crippen LogP contribution in [0, 0.1) is 11.8 Å². The maximum Gasteiger partial charge on any atom is 0.306 e. The van der Waals surface area contributed by atoms with Crippen LogP contribution in [0.3, 0.4) is 0 Å². The van der Waals surface area contributed by atoms with Crippen LogP contribution in [0.4, 0.5) is 0 Å². The van der Waals surface area contributed by atoms with Crippen LogP contribution in [-0.4, -0.2) is 35.0 Å². The van der Waals surface area contributed by atoms with E-state index in [4.69, 9.17) is 5.11 Å². The Balaban J connectivity index is 2.02. The molecule has 1 N–H and O–H groups in total. The van der Waals surface area contributed by atoms with Gasteiger partial charge in [0.1, 0.15) is 0 Å². The van der Waals surface area contributed by atoms with E-state index in [1.807, 2.05) is 31.2 Å². The van der Waals surface area contributed by atoms with Crippen LogP contribution in [0.25, 0.3) is 0 Å². The highest BCUT2D eigenvalue weighted by molar-refractivity contribution is 5.96. The largest absolute Gasteiger partial charge is 0.481 e. The summed E-state index contributed by atoms with van der Waals surface area (Å²) in [6, 6.07) is 7.60. The predicted octanol–water partition coefficient (Wildman–Crippen LogP) is 2.04. The second kappa shape index (κ2) is 5.43. The summed E-state index contributed by atoms with van der Waals surface area (Å²) in [4.78, 5) is 24.9. The van der Waals surface area contributed by atoms with Crippen LogP contribution in [0.2, 0.25) is 0 Å². The van der Waals surface area contributed by atoms with Crippen LogP contribution < -0.4 is 0 Å². The van der Waals surface area contributed by atoms with E-state index in [1.54, 1.807) is 11.8 Å². The normalized spacial score (nSPS) is 16.8. The monoisotopic (exact) mass is 261 g/mol. The number of carboxylic acids is 1. The third kappa shape index (κ3) is 2.62. The SMILES string of the molecule is CCc1ccccc1C(=O)N1CC(C(C)C(=O)O)C1. The van der Waals surface area contributed by atoms with Gasteiger partial charge in [-0.15, -0.1) is 0 Å². The van der Waals surface area contributed by atoms with Crippen molar-refractivity contribution in [2.24, 2.45) is 11.8 Å². The fourth-order valence-electron chi connectivity index (χ4n) is 2.40. The second-order valence-electron chi connectivity index (χ2n) is 5.11. The van der Waals surface area contributed by atoms with E-state index in [9.17, 15) is 9.59 Å². The highest BCUT2D eigenvalue weighted by atomic mass is 16.4. The molecule has 1 aliphatic rings. The topological polar surface area (TPSA) is 57.6 Å². The molecule has 1 heterocycles. The second-order valence-corrected chi connectivity index (χ2v) is 5.11. The number of carboxylic acid groups (broad SMARTS) is 1. The molecule has 4 heteroatoms. The average Bonchev–Trinajstić information content (AvgIpc) is 2.36. The van der Waals surface area contributed by atoms with Crippen LogP contribution in [0.1, 0.15) is 29.8 Å².